The van der Waals surface area contributed by atoms with Crippen LogP contribution < -0.4 is 19.1 Å². The smallest absolute Gasteiger partial charge is 0.343 e. The number of nitrogens with zero attached hydrogens (tertiary/aromatic N) is 2. The predicted molar refractivity (Wildman–Crippen MR) is 214 cm³/mol. The van der Waals surface area contributed by atoms with Gasteiger partial charge < -0.3 is 33.3 Å². The molecule has 14 heteroatoms. The number of esters is 4. The molecule has 58 heavy (non-hydrogen) atoms. The lowest BCUT2D eigenvalue weighted by molar-refractivity contribution is -0.217. The van der Waals surface area contributed by atoms with Crippen LogP contribution in [0.5, 0.6) is 23.0 Å². The monoisotopic (exact) mass is 792 g/mol. The zero-order chi connectivity index (χ0) is 41.4. The third-order valence-electron chi connectivity index (χ3n) is 7.80. The van der Waals surface area contributed by atoms with E-state index in [9.17, 15) is 19.2 Å². The van der Waals surface area contributed by atoms with Crippen LogP contribution in [-0.4, -0.2) is 69.8 Å². The van der Waals surface area contributed by atoms with Crippen LogP contribution in [0, 0.1) is 0 Å². The van der Waals surface area contributed by atoms with E-state index < -0.39 is 23.9 Å². The van der Waals surface area contributed by atoms with Crippen LogP contribution in [-0.2, 0) is 35.3 Å². The second-order valence-corrected chi connectivity index (χ2v) is 12.1. The molecule has 0 saturated carbocycles. The number of benzene rings is 4. The summed E-state index contributed by atoms with van der Waals surface area (Å²) in [5, 5.41) is 8.15. The second-order valence-electron chi connectivity index (χ2n) is 12.1. The van der Waals surface area contributed by atoms with Gasteiger partial charge in [-0.1, -0.05) is 25.3 Å². The molecule has 4 aromatic carbocycles. The van der Waals surface area contributed by atoms with Gasteiger partial charge >= 0.3 is 23.9 Å². The molecule has 0 saturated heterocycles. The molecule has 0 radical (unpaired) electrons. The van der Waals surface area contributed by atoms with E-state index in [1.165, 1.54) is 25.6 Å². The molecule has 14 nitrogen and oxygen atoms in total. The zero-order valence-electron chi connectivity index (χ0n) is 32.0. The quantitative estimate of drug-likeness (QED) is 0.0101. The lowest BCUT2D eigenvalue weighted by Crippen LogP contribution is -2.08. The molecule has 0 amide bonds. The van der Waals surface area contributed by atoms with Gasteiger partial charge in [0.1, 0.15) is 29.4 Å². The fourth-order valence-electron chi connectivity index (χ4n) is 4.74. The van der Waals surface area contributed by atoms with Crippen molar-refractivity contribution in [3.63, 3.8) is 0 Å². The number of hydrogen-bond acceptors (Lipinski definition) is 14. The highest BCUT2D eigenvalue weighted by Gasteiger charge is 2.15. The molecule has 0 spiro atoms. The molecule has 0 heterocycles. The Morgan fingerprint density at radius 1 is 0.603 bits per heavy atom. The molecule has 0 aliphatic carbocycles. The SMILES string of the molecule is C=CC(=O)OCCCCOc1ccc(COOc2ccc(/C=N/N=C/c3ccc(OC(=O)c4ccc(OCCCCOC(=O)C=C)cc4)cc3)cc2C(=O)OC)cc1. The van der Waals surface area contributed by atoms with Crippen molar-refractivity contribution in [1.29, 1.82) is 0 Å². The molecule has 0 aliphatic heterocycles. The Morgan fingerprint density at radius 3 is 1.69 bits per heavy atom. The summed E-state index contributed by atoms with van der Waals surface area (Å²) in [7, 11) is 1.26. The predicted octanol–water partition coefficient (Wildman–Crippen LogP) is 7.43. The summed E-state index contributed by atoms with van der Waals surface area (Å²) >= 11 is 0. The lowest BCUT2D eigenvalue weighted by atomic mass is 10.1. The minimum Gasteiger partial charge on any atom is -0.494 e. The van der Waals surface area contributed by atoms with Gasteiger partial charge in [0.2, 0.25) is 0 Å². The number of carbonyl (C=O) groups excluding carboxylic acids is 4. The minimum absolute atomic E-state index is 0.0999. The van der Waals surface area contributed by atoms with Crippen molar-refractivity contribution in [3.8, 4) is 23.0 Å². The van der Waals surface area contributed by atoms with Gasteiger partial charge in [-0.2, -0.15) is 15.1 Å². The molecule has 0 aliphatic rings. The number of ether oxygens (including phenoxy) is 6. The largest absolute Gasteiger partial charge is 0.494 e. The molecule has 0 bridgehead atoms. The van der Waals surface area contributed by atoms with E-state index in [0.717, 1.165) is 24.1 Å². The molecular weight excluding hydrogens is 748 g/mol. The second kappa shape index (κ2) is 24.5. The van der Waals surface area contributed by atoms with Crippen molar-refractivity contribution in [2.75, 3.05) is 33.5 Å². The highest BCUT2D eigenvalue weighted by Crippen LogP contribution is 2.22. The Balaban J connectivity index is 1.19. The van der Waals surface area contributed by atoms with Gasteiger partial charge in [0.05, 0.1) is 51.5 Å². The number of rotatable bonds is 24. The van der Waals surface area contributed by atoms with Crippen LogP contribution in [0.3, 0.4) is 0 Å². The number of carbonyl (C=O) groups is 4. The van der Waals surface area contributed by atoms with Crippen LogP contribution >= 0.6 is 0 Å². The molecule has 0 fully saturated rings. The van der Waals surface area contributed by atoms with E-state index in [1.54, 1.807) is 72.8 Å². The molecule has 0 unspecified atom stereocenters. The van der Waals surface area contributed by atoms with E-state index in [0.29, 0.717) is 79.6 Å². The van der Waals surface area contributed by atoms with Crippen molar-refractivity contribution in [2.24, 2.45) is 10.2 Å². The minimum atomic E-state index is -0.626. The van der Waals surface area contributed by atoms with Crippen molar-refractivity contribution < 1.29 is 57.4 Å². The molecular formula is C44H44N2O12. The topological polar surface area (TPSA) is 167 Å². The van der Waals surface area contributed by atoms with Crippen molar-refractivity contribution in [3.05, 3.63) is 144 Å². The first kappa shape index (κ1) is 43.7. The average molecular weight is 793 g/mol. The van der Waals surface area contributed by atoms with Crippen molar-refractivity contribution in [1.82, 2.24) is 0 Å². The molecule has 0 N–H and O–H groups in total. The summed E-state index contributed by atoms with van der Waals surface area (Å²) in [5.41, 5.74) is 2.56. The van der Waals surface area contributed by atoms with E-state index in [1.807, 2.05) is 12.1 Å². The van der Waals surface area contributed by atoms with Crippen LogP contribution in [0.15, 0.2) is 127 Å². The maximum atomic E-state index is 12.6. The zero-order valence-corrected chi connectivity index (χ0v) is 32.0. The summed E-state index contributed by atoms with van der Waals surface area (Å²) in [6, 6.07) is 25.4. The van der Waals surface area contributed by atoms with Gasteiger partial charge in [-0.05, 0) is 121 Å². The maximum Gasteiger partial charge on any atom is 0.343 e. The lowest BCUT2D eigenvalue weighted by Gasteiger charge is -2.10. The molecule has 302 valence electrons. The van der Waals surface area contributed by atoms with Crippen molar-refractivity contribution in [2.45, 2.75) is 32.3 Å². The maximum absolute atomic E-state index is 12.6. The van der Waals surface area contributed by atoms with E-state index in [2.05, 4.69) is 23.4 Å². The summed E-state index contributed by atoms with van der Waals surface area (Å²) in [4.78, 5) is 58.1. The first-order valence-corrected chi connectivity index (χ1v) is 18.2. The van der Waals surface area contributed by atoms with Crippen LogP contribution in [0.2, 0.25) is 0 Å². The standard InChI is InChI=1S/C44H44N2O12/c1-4-41(47)54-26-8-6-24-52-36-17-12-33(13-18-36)31-56-58-40-23-14-34(28-39(40)44(50)51-3)30-46-45-29-32-10-19-38(20-11-32)57-43(49)35-15-21-37(22-16-35)53-25-7-9-27-55-42(48)5-2/h4-5,10-23,28-30H,1-2,6-9,24-27,31H2,3H3/b45-29+,46-30+. The first-order chi connectivity index (χ1) is 28.3. The number of unbranched alkanes of at least 4 members (excludes halogenated alkanes) is 2. The summed E-state index contributed by atoms with van der Waals surface area (Å²) in [6.07, 6.45) is 7.99. The van der Waals surface area contributed by atoms with Crippen LogP contribution in [0.4, 0.5) is 0 Å². The number of hydrogen-bond donors (Lipinski definition) is 0. The fourth-order valence-corrected chi connectivity index (χ4v) is 4.74. The van der Waals surface area contributed by atoms with Crippen LogP contribution in [0.25, 0.3) is 0 Å². The Kier molecular flexibility index (Phi) is 18.4. The average Bonchev–Trinajstić information content (AvgIpc) is 3.25. The number of methoxy groups -OCH3 is 1. The normalized spacial score (nSPS) is 10.8. The van der Waals surface area contributed by atoms with E-state index in [4.69, 9.17) is 38.2 Å². The van der Waals surface area contributed by atoms with E-state index >= 15 is 0 Å². The first-order valence-electron chi connectivity index (χ1n) is 18.2. The Labute approximate surface area is 336 Å². The van der Waals surface area contributed by atoms with Gasteiger partial charge in [0.25, 0.3) is 0 Å². The highest BCUT2D eigenvalue weighted by atomic mass is 17.2. The molecule has 4 aromatic rings. The summed E-state index contributed by atoms with van der Waals surface area (Å²) in [6.45, 7) is 8.32. The Hall–Kier alpha value is -7.06. The van der Waals surface area contributed by atoms with Crippen molar-refractivity contribution >= 4 is 36.3 Å². The third kappa shape index (κ3) is 15.6. The van der Waals surface area contributed by atoms with E-state index in [-0.39, 0.29) is 17.9 Å². The molecule has 0 aromatic heterocycles. The van der Waals surface area contributed by atoms with Gasteiger partial charge in [-0.25, -0.2) is 19.2 Å². The van der Waals surface area contributed by atoms with Gasteiger partial charge in [0.15, 0.2) is 5.75 Å². The van der Waals surface area contributed by atoms with Gasteiger partial charge in [0, 0.05) is 12.2 Å². The molecule has 4 rings (SSSR count). The van der Waals surface area contributed by atoms with Crippen LogP contribution in [0.1, 0.15) is 63.1 Å². The third-order valence-corrected chi connectivity index (χ3v) is 7.80. The van der Waals surface area contributed by atoms with Gasteiger partial charge in [-0.15, -0.1) is 0 Å². The summed E-state index contributed by atoms with van der Waals surface area (Å²) in [5.74, 6) is -0.251. The fraction of sp³-hybridized carbons (Fsp3) is 0.227. The molecule has 0 atom stereocenters. The Bertz CT molecular complexity index is 2030. The Morgan fingerprint density at radius 2 is 1.12 bits per heavy atom. The van der Waals surface area contributed by atoms with Gasteiger partial charge in [-0.3, -0.25) is 0 Å². The summed E-state index contributed by atoms with van der Waals surface area (Å²) < 4.78 is 31.6. The highest BCUT2D eigenvalue weighted by molar-refractivity contribution is 5.95.